The van der Waals surface area contributed by atoms with E-state index >= 15 is 0 Å². The minimum absolute atomic E-state index is 0.375. The third-order valence-corrected chi connectivity index (χ3v) is 3.73. The van der Waals surface area contributed by atoms with Gasteiger partial charge in [-0.25, -0.2) is 0 Å². The summed E-state index contributed by atoms with van der Waals surface area (Å²) in [5, 5.41) is 9.08. The molecule has 1 aromatic heterocycles. The minimum Gasteiger partial charge on any atom is -0.494 e. The van der Waals surface area contributed by atoms with Gasteiger partial charge in [-0.1, -0.05) is 30.0 Å². The molecular formula is C14H19N3OS. The van der Waals surface area contributed by atoms with Crippen molar-refractivity contribution in [1.82, 2.24) is 14.8 Å². The van der Waals surface area contributed by atoms with Crippen LogP contribution in [-0.2, 0) is 5.75 Å². The Bertz CT molecular complexity index is 525. The van der Waals surface area contributed by atoms with E-state index < -0.39 is 0 Å². The molecule has 1 aromatic carbocycles. The van der Waals surface area contributed by atoms with Crippen LogP contribution in [0.3, 0.4) is 0 Å². The zero-order valence-electron chi connectivity index (χ0n) is 11.5. The molecule has 0 fully saturated rings. The average molecular weight is 277 g/mol. The van der Waals surface area contributed by atoms with Crippen LogP contribution in [0.5, 0.6) is 5.75 Å². The van der Waals surface area contributed by atoms with Crippen molar-refractivity contribution in [2.75, 3.05) is 6.61 Å². The fourth-order valence-corrected chi connectivity index (χ4v) is 2.79. The molecule has 5 heteroatoms. The lowest BCUT2D eigenvalue weighted by molar-refractivity contribution is 0.337. The number of rotatable bonds is 6. The van der Waals surface area contributed by atoms with Gasteiger partial charge in [0.15, 0.2) is 5.16 Å². The molecule has 4 nitrogen and oxygen atoms in total. The highest BCUT2D eigenvalue weighted by atomic mass is 32.2. The van der Waals surface area contributed by atoms with Crippen molar-refractivity contribution in [3.8, 4) is 5.75 Å². The summed E-state index contributed by atoms with van der Waals surface area (Å²) in [6.45, 7) is 6.94. The van der Waals surface area contributed by atoms with Gasteiger partial charge in [-0.15, -0.1) is 10.2 Å². The SMILES string of the molecule is CCOc1ccccc1CSc1nncn1C(C)C. The van der Waals surface area contributed by atoms with Gasteiger partial charge in [-0.2, -0.15) is 0 Å². The number of thioether (sulfide) groups is 1. The average Bonchev–Trinajstić information content (AvgIpc) is 2.86. The highest BCUT2D eigenvalue weighted by Gasteiger charge is 2.09. The predicted molar refractivity (Wildman–Crippen MR) is 77.6 cm³/mol. The molecule has 2 aromatic rings. The van der Waals surface area contributed by atoms with Crippen LogP contribution in [0, 0.1) is 0 Å². The molecule has 102 valence electrons. The minimum atomic E-state index is 0.375. The van der Waals surface area contributed by atoms with Crippen LogP contribution in [0.15, 0.2) is 35.7 Å². The number of ether oxygens (including phenoxy) is 1. The lowest BCUT2D eigenvalue weighted by Gasteiger charge is -2.11. The van der Waals surface area contributed by atoms with E-state index in [-0.39, 0.29) is 0 Å². The molecule has 0 saturated carbocycles. The zero-order valence-corrected chi connectivity index (χ0v) is 12.4. The van der Waals surface area contributed by atoms with Crippen molar-refractivity contribution in [2.24, 2.45) is 0 Å². The van der Waals surface area contributed by atoms with Crippen molar-refractivity contribution in [3.63, 3.8) is 0 Å². The molecule has 2 rings (SSSR count). The summed E-state index contributed by atoms with van der Waals surface area (Å²) in [6.07, 6.45) is 1.78. The number of nitrogens with zero attached hydrogens (tertiary/aromatic N) is 3. The zero-order chi connectivity index (χ0) is 13.7. The fourth-order valence-electron chi connectivity index (χ4n) is 1.75. The van der Waals surface area contributed by atoms with Crippen molar-refractivity contribution >= 4 is 11.8 Å². The molecule has 0 unspecified atom stereocenters. The first-order valence-electron chi connectivity index (χ1n) is 6.45. The third kappa shape index (κ3) is 3.50. The molecule has 0 radical (unpaired) electrons. The first-order valence-corrected chi connectivity index (χ1v) is 7.44. The number of benzene rings is 1. The molecule has 0 saturated heterocycles. The van der Waals surface area contributed by atoms with Crippen molar-refractivity contribution in [1.29, 1.82) is 0 Å². The molecule has 0 aliphatic heterocycles. The summed E-state index contributed by atoms with van der Waals surface area (Å²) < 4.78 is 7.71. The molecule has 0 amide bonds. The van der Waals surface area contributed by atoms with Crippen LogP contribution in [-0.4, -0.2) is 21.4 Å². The Morgan fingerprint density at radius 2 is 2.11 bits per heavy atom. The number of hydrogen-bond donors (Lipinski definition) is 0. The molecule has 0 spiro atoms. The second-order valence-electron chi connectivity index (χ2n) is 4.44. The van der Waals surface area contributed by atoms with Gasteiger partial charge < -0.3 is 9.30 Å². The van der Waals surface area contributed by atoms with Gasteiger partial charge in [-0.3, -0.25) is 0 Å². The summed E-state index contributed by atoms with van der Waals surface area (Å²) in [7, 11) is 0. The Balaban J connectivity index is 2.08. The summed E-state index contributed by atoms with van der Waals surface area (Å²) in [6, 6.07) is 8.50. The largest absolute Gasteiger partial charge is 0.494 e. The molecule has 0 aliphatic carbocycles. The molecule has 0 aliphatic rings. The van der Waals surface area contributed by atoms with E-state index in [2.05, 4.69) is 34.7 Å². The van der Waals surface area contributed by atoms with Crippen LogP contribution in [0.1, 0.15) is 32.4 Å². The van der Waals surface area contributed by atoms with E-state index in [4.69, 9.17) is 4.74 Å². The van der Waals surface area contributed by atoms with Crippen LogP contribution in [0.2, 0.25) is 0 Å². The molecule has 0 bridgehead atoms. The maximum atomic E-state index is 5.63. The lowest BCUT2D eigenvalue weighted by Crippen LogP contribution is -2.01. The highest BCUT2D eigenvalue weighted by Crippen LogP contribution is 2.27. The molecule has 0 N–H and O–H groups in total. The Labute approximate surface area is 118 Å². The van der Waals surface area contributed by atoms with Gasteiger partial charge in [0.05, 0.1) is 6.61 Å². The van der Waals surface area contributed by atoms with Gasteiger partial charge >= 0.3 is 0 Å². The molecular weight excluding hydrogens is 258 g/mol. The molecule has 19 heavy (non-hydrogen) atoms. The topological polar surface area (TPSA) is 39.9 Å². The summed E-state index contributed by atoms with van der Waals surface area (Å²) in [4.78, 5) is 0. The summed E-state index contributed by atoms with van der Waals surface area (Å²) in [5.41, 5.74) is 1.19. The normalized spacial score (nSPS) is 10.9. The maximum Gasteiger partial charge on any atom is 0.191 e. The monoisotopic (exact) mass is 277 g/mol. The predicted octanol–water partition coefficient (Wildman–Crippen LogP) is 3.55. The second kappa shape index (κ2) is 6.61. The Morgan fingerprint density at radius 3 is 2.84 bits per heavy atom. The van der Waals surface area contributed by atoms with Gasteiger partial charge in [0.1, 0.15) is 12.1 Å². The van der Waals surface area contributed by atoms with Gasteiger partial charge in [0.2, 0.25) is 0 Å². The van der Waals surface area contributed by atoms with Gasteiger partial charge in [0, 0.05) is 17.4 Å². The first-order chi connectivity index (χ1) is 9.22. The standard InChI is InChI=1S/C14H19N3OS/c1-4-18-13-8-6-5-7-12(13)9-19-14-16-15-10-17(14)11(2)3/h5-8,10-11H,4,9H2,1-3H3. The van der Waals surface area contributed by atoms with E-state index in [1.165, 1.54) is 5.56 Å². The van der Waals surface area contributed by atoms with E-state index in [0.29, 0.717) is 12.6 Å². The number of hydrogen-bond acceptors (Lipinski definition) is 4. The second-order valence-corrected chi connectivity index (χ2v) is 5.39. The van der Waals surface area contributed by atoms with Crippen LogP contribution in [0.25, 0.3) is 0 Å². The van der Waals surface area contributed by atoms with Crippen molar-refractivity contribution in [2.45, 2.75) is 37.7 Å². The number of aromatic nitrogens is 3. The molecule has 0 atom stereocenters. The molecule has 1 heterocycles. The quantitative estimate of drug-likeness (QED) is 0.757. The highest BCUT2D eigenvalue weighted by molar-refractivity contribution is 7.98. The van der Waals surface area contributed by atoms with Crippen LogP contribution in [0.4, 0.5) is 0 Å². The summed E-state index contributed by atoms with van der Waals surface area (Å²) in [5.74, 6) is 1.79. The van der Waals surface area contributed by atoms with E-state index in [1.54, 1.807) is 18.1 Å². The first kappa shape index (κ1) is 13.9. The van der Waals surface area contributed by atoms with E-state index in [9.17, 15) is 0 Å². The van der Waals surface area contributed by atoms with Crippen LogP contribution < -0.4 is 4.74 Å². The maximum absolute atomic E-state index is 5.63. The number of para-hydroxylation sites is 1. The van der Waals surface area contributed by atoms with Crippen molar-refractivity contribution in [3.05, 3.63) is 36.2 Å². The third-order valence-electron chi connectivity index (χ3n) is 2.73. The van der Waals surface area contributed by atoms with E-state index in [0.717, 1.165) is 16.7 Å². The lowest BCUT2D eigenvalue weighted by atomic mass is 10.2. The van der Waals surface area contributed by atoms with Gasteiger partial charge in [0.25, 0.3) is 0 Å². The van der Waals surface area contributed by atoms with Crippen LogP contribution >= 0.6 is 11.8 Å². The Kier molecular flexibility index (Phi) is 4.85. The smallest absolute Gasteiger partial charge is 0.191 e. The van der Waals surface area contributed by atoms with E-state index in [1.807, 2.05) is 25.1 Å². The van der Waals surface area contributed by atoms with Gasteiger partial charge in [-0.05, 0) is 26.8 Å². The Hall–Kier alpha value is -1.49. The summed E-state index contributed by atoms with van der Waals surface area (Å²) >= 11 is 1.68. The van der Waals surface area contributed by atoms with Crippen molar-refractivity contribution < 1.29 is 4.74 Å². The fraction of sp³-hybridized carbons (Fsp3) is 0.429. The Morgan fingerprint density at radius 1 is 1.32 bits per heavy atom.